The molecule has 7 nitrogen and oxygen atoms in total. The third-order valence-corrected chi connectivity index (χ3v) is 7.47. The molecule has 0 fully saturated rings. The maximum atomic E-state index is 12.7. The van der Waals surface area contributed by atoms with Crippen LogP contribution in [-0.2, 0) is 0 Å². The lowest BCUT2D eigenvalue weighted by Crippen LogP contribution is -2.17. The Labute approximate surface area is 256 Å². The first kappa shape index (κ1) is 31.1. The van der Waals surface area contributed by atoms with E-state index in [0.29, 0.717) is 40.9 Å². The summed E-state index contributed by atoms with van der Waals surface area (Å²) in [5.41, 5.74) is 6.49. The van der Waals surface area contributed by atoms with Crippen LogP contribution in [0.5, 0.6) is 11.5 Å². The minimum Gasteiger partial charge on any atom is -0.490 e. The molecular weight excluding hydrogens is 568 g/mol. The lowest BCUT2D eigenvalue weighted by atomic mass is 10.1. The first-order chi connectivity index (χ1) is 20.6. The largest absolute Gasteiger partial charge is 0.490 e. The number of nitrogens with one attached hydrogen (secondary N) is 2. The van der Waals surface area contributed by atoms with E-state index in [1.807, 2.05) is 60.8 Å². The van der Waals surface area contributed by atoms with Gasteiger partial charge in [-0.15, -0.1) is 11.3 Å². The molecule has 0 atom stereocenters. The standard InChI is InChI=1S/C33H37ClN4O3S/c1-3-5-6-7-8-12-19-41-31-28(34)20-24(21-30(31)40-4-2)22-35-38-32(39)26-17-15-25(16-18-26)29-23-42-33(37-29)36-27-13-10-9-11-14-27/h9-11,13-18,20-23H,3-8,12,19H2,1-2H3,(H,36,37)(H,38,39)/b35-22+. The van der Waals surface area contributed by atoms with Crippen molar-refractivity contribution < 1.29 is 14.3 Å². The molecule has 0 saturated heterocycles. The summed E-state index contributed by atoms with van der Waals surface area (Å²) in [5, 5.41) is 10.7. The molecule has 3 aromatic carbocycles. The van der Waals surface area contributed by atoms with E-state index >= 15 is 0 Å². The quantitative estimate of drug-likeness (QED) is 0.0757. The Kier molecular flexibility index (Phi) is 12.2. The van der Waals surface area contributed by atoms with Crippen LogP contribution in [0, 0.1) is 0 Å². The number of hydrogen-bond acceptors (Lipinski definition) is 7. The van der Waals surface area contributed by atoms with Crippen LogP contribution in [0.3, 0.4) is 0 Å². The fourth-order valence-electron chi connectivity index (χ4n) is 4.25. The topological polar surface area (TPSA) is 84.8 Å². The number of hydrazone groups is 1. The second-order valence-electron chi connectivity index (χ2n) is 9.68. The Hall–Kier alpha value is -3.88. The molecule has 2 N–H and O–H groups in total. The molecule has 0 bridgehead atoms. The number of ether oxygens (including phenoxy) is 2. The number of carbonyl (C=O) groups excluding carboxylic acids is 1. The molecule has 4 rings (SSSR count). The Balaban J connectivity index is 1.31. The van der Waals surface area contributed by atoms with Crippen molar-refractivity contribution in [2.75, 3.05) is 18.5 Å². The molecule has 9 heteroatoms. The molecule has 42 heavy (non-hydrogen) atoms. The predicted octanol–water partition coefficient (Wildman–Crippen LogP) is 9.11. The summed E-state index contributed by atoms with van der Waals surface area (Å²) in [6, 6.07) is 20.7. The normalized spacial score (nSPS) is 11.0. The van der Waals surface area contributed by atoms with Crippen LogP contribution in [0.1, 0.15) is 68.3 Å². The molecule has 0 aliphatic heterocycles. The monoisotopic (exact) mass is 604 g/mol. The maximum absolute atomic E-state index is 12.7. The highest BCUT2D eigenvalue weighted by Crippen LogP contribution is 2.36. The number of benzene rings is 3. The number of thiazole rings is 1. The molecule has 1 heterocycles. The van der Waals surface area contributed by atoms with E-state index in [1.165, 1.54) is 43.2 Å². The first-order valence-electron chi connectivity index (χ1n) is 14.4. The molecular formula is C33H37ClN4O3S. The molecule has 0 spiro atoms. The Morgan fingerprint density at radius 1 is 0.976 bits per heavy atom. The second-order valence-corrected chi connectivity index (χ2v) is 10.9. The van der Waals surface area contributed by atoms with Crippen LogP contribution in [0.2, 0.25) is 5.02 Å². The van der Waals surface area contributed by atoms with Crippen molar-refractivity contribution in [3.8, 4) is 22.8 Å². The van der Waals surface area contributed by atoms with E-state index in [4.69, 9.17) is 21.1 Å². The van der Waals surface area contributed by atoms with Gasteiger partial charge in [-0.25, -0.2) is 10.4 Å². The van der Waals surface area contributed by atoms with Crippen molar-refractivity contribution in [2.24, 2.45) is 5.10 Å². The third-order valence-electron chi connectivity index (χ3n) is 6.43. The number of carbonyl (C=O) groups is 1. The van der Waals surface area contributed by atoms with Gasteiger partial charge >= 0.3 is 0 Å². The molecule has 0 saturated carbocycles. The molecule has 0 aliphatic rings. The number of aromatic nitrogens is 1. The van der Waals surface area contributed by atoms with E-state index < -0.39 is 0 Å². The van der Waals surface area contributed by atoms with Gasteiger partial charge < -0.3 is 14.8 Å². The highest BCUT2D eigenvalue weighted by molar-refractivity contribution is 7.14. The number of anilines is 2. The Morgan fingerprint density at radius 3 is 2.50 bits per heavy atom. The predicted molar refractivity (Wildman–Crippen MR) is 174 cm³/mol. The number of halogens is 1. The van der Waals surface area contributed by atoms with Gasteiger partial charge in [-0.3, -0.25) is 4.79 Å². The van der Waals surface area contributed by atoms with E-state index in [0.717, 1.165) is 34.9 Å². The van der Waals surface area contributed by atoms with Gasteiger partial charge in [-0.05, 0) is 55.3 Å². The van der Waals surface area contributed by atoms with Crippen LogP contribution in [0.25, 0.3) is 11.3 Å². The van der Waals surface area contributed by atoms with Gasteiger partial charge in [-0.1, -0.05) is 81.0 Å². The van der Waals surface area contributed by atoms with Crippen LogP contribution < -0.4 is 20.2 Å². The molecule has 0 aliphatic carbocycles. The van der Waals surface area contributed by atoms with E-state index in [1.54, 1.807) is 18.2 Å². The van der Waals surface area contributed by atoms with Crippen molar-refractivity contribution in [1.29, 1.82) is 0 Å². The van der Waals surface area contributed by atoms with Crippen molar-refractivity contribution in [3.05, 3.63) is 88.3 Å². The van der Waals surface area contributed by atoms with Gasteiger partial charge in [0.25, 0.3) is 5.91 Å². The number of para-hydroxylation sites is 1. The van der Waals surface area contributed by atoms with Gasteiger partial charge in [0.05, 0.1) is 30.1 Å². The summed E-state index contributed by atoms with van der Waals surface area (Å²) in [4.78, 5) is 17.3. The van der Waals surface area contributed by atoms with Crippen LogP contribution >= 0.6 is 22.9 Å². The molecule has 0 unspecified atom stereocenters. The minimum atomic E-state index is -0.322. The fraction of sp³-hybridized carbons (Fsp3) is 0.303. The van der Waals surface area contributed by atoms with Gasteiger partial charge in [0, 0.05) is 22.2 Å². The zero-order valence-corrected chi connectivity index (χ0v) is 25.6. The summed E-state index contributed by atoms with van der Waals surface area (Å²) in [6.45, 7) is 5.18. The summed E-state index contributed by atoms with van der Waals surface area (Å²) >= 11 is 8.06. The highest BCUT2D eigenvalue weighted by atomic mass is 35.5. The lowest BCUT2D eigenvalue weighted by Gasteiger charge is -2.14. The summed E-state index contributed by atoms with van der Waals surface area (Å²) in [7, 11) is 0. The number of hydrogen-bond donors (Lipinski definition) is 2. The number of unbranched alkanes of at least 4 members (excludes halogenated alkanes) is 5. The maximum Gasteiger partial charge on any atom is 0.271 e. The Morgan fingerprint density at radius 2 is 1.74 bits per heavy atom. The SMILES string of the molecule is CCCCCCCCOc1c(Cl)cc(/C=N/NC(=O)c2ccc(-c3csc(Nc4ccccc4)n3)cc2)cc1OCC. The van der Waals surface area contributed by atoms with Crippen molar-refractivity contribution in [2.45, 2.75) is 52.4 Å². The molecule has 220 valence electrons. The molecule has 4 aromatic rings. The summed E-state index contributed by atoms with van der Waals surface area (Å²) in [6.07, 6.45) is 8.63. The van der Waals surface area contributed by atoms with E-state index in [2.05, 4.69) is 27.8 Å². The number of nitrogens with zero attached hydrogens (tertiary/aromatic N) is 2. The van der Waals surface area contributed by atoms with Gasteiger partial charge in [0.1, 0.15) is 0 Å². The van der Waals surface area contributed by atoms with Crippen LogP contribution in [-0.4, -0.2) is 30.3 Å². The van der Waals surface area contributed by atoms with Crippen molar-refractivity contribution in [3.63, 3.8) is 0 Å². The average Bonchev–Trinajstić information content (AvgIpc) is 3.47. The van der Waals surface area contributed by atoms with E-state index in [-0.39, 0.29) is 5.91 Å². The number of rotatable bonds is 16. The summed E-state index contributed by atoms with van der Waals surface area (Å²) < 4.78 is 11.8. The van der Waals surface area contributed by atoms with Crippen molar-refractivity contribution >= 4 is 45.9 Å². The Bertz CT molecular complexity index is 1440. The summed E-state index contributed by atoms with van der Waals surface area (Å²) in [5.74, 6) is 0.775. The van der Waals surface area contributed by atoms with Gasteiger partial charge in [0.2, 0.25) is 0 Å². The second kappa shape index (κ2) is 16.5. The molecule has 1 aromatic heterocycles. The smallest absolute Gasteiger partial charge is 0.271 e. The first-order valence-corrected chi connectivity index (χ1v) is 15.6. The van der Waals surface area contributed by atoms with E-state index in [9.17, 15) is 4.79 Å². The van der Waals surface area contributed by atoms with Crippen LogP contribution in [0.15, 0.2) is 77.2 Å². The molecule has 1 amide bonds. The van der Waals surface area contributed by atoms with Gasteiger partial charge in [0.15, 0.2) is 16.6 Å². The molecule has 0 radical (unpaired) electrons. The zero-order chi connectivity index (χ0) is 29.6. The minimum absolute atomic E-state index is 0.322. The van der Waals surface area contributed by atoms with Crippen molar-refractivity contribution in [1.82, 2.24) is 10.4 Å². The third kappa shape index (κ3) is 9.33. The average molecular weight is 605 g/mol. The zero-order valence-electron chi connectivity index (χ0n) is 24.1. The van der Waals surface area contributed by atoms with Gasteiger partial charge in [-0.2, -0.15) is 5.10 Å². The highest BCUT2D eigenvalue weighted by Gasteiger charge is 2.13. The number of amides is 1. The lowest BCUT2D eigenvalue weighted by molar-refractivity contribution is 0.0955. The fourth-order valence-corrected chi connectivity index (χ4v) is 5.27. The van der Waals surface area contributed by atoms with Crippen LogP contribution in [0.4, 0.5) is 10.8 Å².